The van der Waals surface area contributed by atoms with E-state index >= 15 is 0 Å². The first-order valence-electron chi connectivity index (χ1n) is 9.89. The van der Waals surface area contributed by atoms with Crippen molar-refractivity contribution in [2.75, 3.05) is 23.7 Å². The second-order valence-electron chi connectivity index (χ2n) is 7.62. The van der Waals surface area contributed by atoms with Crippen molar-refractivity contribution in [3.63, 3.8) is 0 Å². The number of likely N-dealkylation sites (tertiary alicyclic amines) is 1. The fourth-order valence-electron chi connectivity index (χ4n) is 3.43. The first kappa shape index (κ1) is 21.8. The van der Waals surface area contributed by atoms with Gasteiger partial charge in [-0.25, -0.2) is 8.42 Å². The van der Waals surface area contributed by atoms with Gasteiger partial charge in [0, 0.05) is 26.1 Å². The lowest BCUT2D eigenvalue weighted by atomic mass is 10.1. The summed E-state index contributed by atoms with van der Waals surface area (Å²) in [4.78, 5) is 26.1. The highest BCUT2D eigenvalue weighted by atomic mass is 32.2. The van der Waals surface area contributed by atoms with Crippen LogP contribution >= 0.6 is 0 Å². The van der Waals surface area contributed by atoms with E-state index in [1.54, 1.807) is 12.1 Å². The third-order valence-electron chi connectivity index (χ3n) is 5.04. The van der Waals surface area contributed by atoms with Crippen LogP contribution in [-0.4, -0.2) is 44.5 Å². The molecule has 0 spiro atoms. The highest BCUT2D eigenvalue weighted by molar-refractivity contribution is 7.92. The van der Waals surface area contributed by atoms with E-state index in [1.807, 2.05) is 48.2 Å². The molecule has 1 saturated heterocycles. The van der Waals surface area contributed by atoms with Crippen LogP contribution in [0, 0.1) is 6.92 Å². The van der Waals surface area contributed by atoms with Crippen LogP contribution in [-0.2, 0) is 32.7 Å². The zero-order valence-corrected chi connectivity index (χ0v) is 18.1. The van der Waals surface area contributed by atoms with Gasteiger partial charge in [-0.15, -0.1) is 0 Å². The predicted molar refractivity (Wildman–Crippen MR) is 116 cm³/mol. The molecule has 30 heavy (non-hydrogen) atoms. The first-order chi connectivity index (χ1) is 14.2. The largest absolute Gasteiger partial charge is 0.350 e. The number of hydrogen-bond donors (Lipinski definition) is 1. The van der Waals surface area contributed by atoms with E-state index in [9.17, 15) is 18.0 Å². The van der Waals surface area contributed by atoms with Crippen LogP contribution < -0.4 is 9.62 Å². The van der Waals surface area contributed by atoms with Gasteiger partial charge in [0.1, 0.15) is 6.54 Å². The van der Waals surface area contributed by atoms with Gasteiger partial charge in [-0.05, 0) is 36.6 Å². The summed E-state index contributed by atoms with van der Waals surface area (Å²) in [7, 11) is -3.60. The Hall–Kier alpha value is -2.87. The summed E-state index contributed by atoms with van der Waals surface area (Å²) in [5.41, 5.74) is 3.37. The number of rotatable bonds is 8. The Kier molecular flexibility index (Phi) is 6.77. The molecular formula is C22H27N3O4S. The number of anilines is 1. The number of carbonyl (C=O) groups is 2. The highest BCUT2D eigenvalue weighted by Gasteiger charge is 2.21. The van der Waals surface area contributed by atoms with Crippen molar-refractivity contribution in [2.24, 2.45) is 0 Å². The number of hydrogen-bond acceptors (Lipinski definition) is 4. The maximum Gasteiger partial charge on any atom is 0.241 e. The summed E-state index contributed by atoms with van der Waals surface area (Å²) >= 11 is 0. The Morgan fingerprint density at radius 3 is 2.47 bits per heavy atom. The van der Waals surface area contributed by atoms with Crippen molar-refractivity contribution in [3.8, 4) is 0 Å². The zero-order valence-electron chi connectivity index (χ0n) is 17.3. The Bertz CT molecular complexity index is 1020. The third-order valence-corrected chi connectivity index (χ3v) is 6.18. The lowest BCUT2D eigenvalue weighted by Crippen LogP contribution is -2.40. The molecule has 0 aromatic heterocycles. The fourth-order valence-corrected chi connectivity index (χ4v) is 4.28. The molecule has 7 nitrogen and oxygen atoms in total. The molecule has 1 aliphatic heterocycles. The van der Waals surface area contributed by atoms with Crippen LogP contribution in [0.4, 0.5) is 5.69 Å². The minimum Gasteiger partial charge on any atom is -0.350 e. The molecule has 1 aliphatic rings. The van der Waals surface area contributed by atoms with E-state index < -0.39 is 10.0 Å². The summed E-state index contributed by atoms with van der Waals surface area (Å²) in [6.45, 7) is 3.25. The fraction of sp³-hybridized carbons (Fsp3) is 0.364. The third kappa shape index (κ3) is 5.82. The summed E-state index contributed by atoms with van der Waals surface area (Å²) in [5, 5.41) is 2.79. The van der Waals surface area contributed by atoms with Crippen molar-refractivity contribution < 1.29 is 18.0 Å². The number of nitrogens with zero attached hydrogens (tertiary/aromatic N) is 2. The molecule has 0 aliphatic carbocycles. The molecule has 1 heterocycles. The molecule has 1 fully saturated rings. The molecule has 0 bridgehead atoms. The molecule has 3 rings (SSSR count). The van der Waals surface area contributed by atoms with Gasteiger partial charge in [0.15, 0.2) is 0 Å². The van der Waals surface area contributed by atoms with Gasteiger partial charge in [-0.2, -0.15) is 0 Å². The minimum atomic E-state index is -3.60. The van der Waals surface area contributed by atoms with E-state index in [-0.39, 0.29) is 24.9 Å². The SMILES string of the molecule is Cc1ccc(N(CC(=O)NCc2cccc(CN3CCCC3=O)c2)S(C)(=O)=O)cc1. The van der Waals surface area contributed by atoms with E-state index in [0.29, 0.717) is 18.7 Å². The summed E-state index contributed by atoms with van der Waals surface area (Å²) < 4.78 is 25.4. The molecular weight excluding hydrogens is 402 g/mol. The second kappa shape index (κ2) is 9.30. The average molecular weight is 430 g/mol. The predicted octanol–water partition coefficient (Wildman–Crippen LogP) is 2.20. The molecule has 2 aromatic carbocycles. The summed E-state index contributed by atoms with van der Waals surface area (Å²) in [5.74, 6) is -0.216. The van der Waals surface area contributed by atoms with Crippen molar-refractivity contribution in [3.05, 3.63) is 65.2 Å². The normalized spacial score (nSPS) is 14.1. The summed E-state index contributed by atoms with van der Waals surface area (Å²) in [6.07, 6.45) is 2.59. The zero-order chi connectivity index (χ0) is 21.7. The molecule has 0 unspecified atom stereocenters. The Morgan fingerprint density at radius 2 is 1.83 bits per heavy atom. The summed E-state index contributed by atoms with van der Waals surface area (Å²) in [6, 6.07) is 14.7. The number of benzene rings is 2. The number of nitrogens with one attached hydrogen (secondary N) is 1. The Labute approximate surface area is 177 Å². The highest BCUT2D eigenvalue weighted by Crippen LogP contribution is 2.18. The molecule has 2 aromatic rings. The van der Waals surface area contributed by atoms with Crippen LogP contribution in [0.2, 0.25) is 0 Å². The maximum absolute atomic E-state index is 12.5. The quantitative estimate of drug-likeness (QED) is 0.697. The van der Waals surface area contributed by atoms with Gasteiger partial charge in [0.25, 0.3) is 0 Å². The maximum atomic E-state index is 12.5. The number of aryl methyl sites for hydroxylation is 1. The molecule has 0 saturated carbocycles. The van der Waals surface area contributed by atoms with Crippen LogP contribution in [0.25, 0.3) is 0 Å². The molecule has 0 radical (unpaired) electrons. The molecule has 0 atom stereocenters. The molecule has 160 valence electrons. The van der Waals surface area contributed by atoms with Crippen LogP contribution in [0.3, 0.4) is 0 Å². The van der Waals surface area contributed by atoms with Crippen LogP contribution in [0.1, 0.15) is 29.5 Å². The molecule has 1 N–H and O–H groups in total. The van der Waals surface area contributed by atoms with Crippen molar-refractivity contribution >= 4 is 27.5 Å². The molecule has 2 amide bonds. The van der Waals surface area contributed by atoms with E-state index in [0.717, 1.165) is 40.2 Å². The molecule has 8 heteroatoms. The van der Waals surface area contributed by atoms with Gasteiger partial charge >= 0.3 is 0 Å². The first-order valence-corrected chi connectivity index (χ1v) is 11.7. The lowest BCUT2D eigenvalue weighted by molar-refractivity contribution is -0.128. The van der Waals surface area contributed by atoms with Crippen molar-refractivity contribution in [1.82, 2.24) is 10.2 Å². The Balaban J connectivity index is 1.61. The smallest absolute Gasteiger partial charge is 0.241 e. The average Bonchev–Trinajstić information content (AvgIpc) is 3.09. The standard InChI is InChI=1S/C22H27N3O4S/c1-17-8-10-20(11-9-17)25(30(2,28)29)16-21(26)23-14-18-5-3-6-19(13-18)15-24-12-4-7-22(24)27/h3,5-6,8-11,13H,4,7,12,14-16H2,1-2H3,(H,23,26). The van der Waals surface area contributed by atoms with Crippen molar-refractivity contribution in [2.45, 2.75) is 32.9 Å². The van der Waals surface area contributed by atoms with Gasteiger partial charge in [-0.1, -0.05) is 42.0 Å². The lowest BCUT2D eigenvalue weighted by Gasteiger charge is -2.22. The number of carbonyl (C=O) groups excluding carboxylic acids is 2. The van der Waals surface area contributed by atoms with Gasteiger partial charge in [-0.3, -0.25) is 13.9 Å². The van der Waals surface area contributed by atoms with Gasteiger partial charge < -0.3 is 10.2 Å². The minimum absolute atomic E-state index is 0.172. The van der Waals surface area contributed by atoms with Crippen LogP contribution in [0.5, 0.6) is 0 Å². The van der Waals surface area contributed by atoms with E-state index in [1.165, 1.54) is 0 Å². The van der Waals surface area contributed by atoms with E-state index in [2.05, 4.69) is 5.32 Å². The Morgan fingerprint density at radius 1 is 1.13 bits per heavy atom. The number of amides is 2. The topological polar surface area (TPSA) is 86.8 Å². The van der Waals surface area contributed by atoms with Crippen molar-refractivity contribution in [1.29, 1.82) is 0 Å². The van der Waals surface area contributed by atoms with Gasteiger partial charge in [0.2, 0.25) is 21.8 Å². The van der Waals surface area contributed by atoms with Crippen LogP contribution in [0.15, 0.2) is 48.5 Å². The van der Waals surface area contributed by atoms with Gasteiger partial charge in [0.05, 0.1) is 11.9 Å². The number of sulfonamides is 1. The second-order valence-corrected chi connectivity index (χ2v) is 9.53. The van der Waals surface area contributed by atoms with E-state index in [4.69, 9.17) is 0 Å². The monoisotopic (exact) mass is 429 g/mol.